The topological polar surface area (TPSA) is 281 Å². The molecule has 5 N–H and O–H groups in total. The Morgan fingerprint density at radius 1 is 1.00 bits per heavy atom. The summed E-state index contributed by atoms with van der Waals surface area (Å²) in [7, 11) is 6.78. The Balaban J connectivity index is 0.0000124. The first-order valence-electron chi connectivity index (χ1n) is 19.3. The number of likely N-dealkylation sites (N-methyl/N-ethyl adjacent to an activating group) is 1. The summed E-state index contributed by atoms with van der Waals surface area (Å²) in [5, 5.41) is 40.7. The molecule has 0 saturated carbocycles. The molecule has 0 bridgehead atoms. The Labute approximate surface area is 348 Å². The van der Waals surface area contributed by atoms with E-state index in [0.29, 0.717) is 48.9 Å². The zero-order valence-electron chi connectivity index (χ0n) is 34.7. The van der Waals surface area contributed by atoms with Gasteiger partial charge in [0.05, 0.1) is 46.2 Å². The first-order valence-corrected chi connectivity index (χ1v) is 19.3. The lowest BCUT2D eigenvalue weighted by molar-refractivity contribution is -0.964. The summed E-state index contributed by atoms with van der Waals surface area (Å²) < 4.78 is 22.4. The van der Waals surface area contributed by atoms with E-state index in [-0.39, 0.29) is 36.6 Å². The highest BCUT2D eigenvalue weighted by atomic mass is 17.0. The molecule has 0 radical (unpaired) electrons. The molecule has 20 nitrogen and oxygen atoms in total. The molecule has 2 aromatic rings. The molecule has 3 unspecified atom stereocenters. The first-order chi connectivity index (χ1) is 28.1. The molecule has 1 heterocycles. The molecule has 332 valence electrons. The Hall–Kier alpha value is -5.75. The van der Waals surface area contributed by atoms with Crippen molar-refractivity contribution < 1.29 is 73.7 Å². The normalized spacial score (nSPS) is 14.9. The Morgan fingerprint density at radius 3 is 2.25 bits per heavy atom. The molecule has 1 aliphatic rings. The molecular weight excluding hydrogens is 790 g/mol. The van der Waals surface area contributed by atoms with Gasteiger partial charge in [0.1, 0.15) is 10.5 Å². The molecule has 1 aliphatic heterocycles. The van der Waals surface area contributed by atoms with Crippen molar-refractivity contribution >= 4 is 23.8 Å². The zero-order valence-corrected chi connectivity index (χ0v) is 34.7. The maximum atomic E-state index is 12.9. The van der Waals surface area contributed by atoms with Gasteiger partial charge < -0.3 is 44.5 Å². The molecule has 0 spiro atoms. The fourth-order valence-electron chi connectivity index (χ4n) is 6.70. The van der Waals surface area contributed by atoms with Crippen molar-refractivity contribution in [2.24, 2.45) is 11.8 Å². The minimum absolute atomic E-state index is 0. The number of piperidine rings is 1. The number of benzene rings is 2. The fourth-order valence-corrected chi connectivity index (χ4v) is 6.70. The van der Waals surface area contributed by atoms with Crippen LogP contribution < -0.4 is 29.5 Å². The highest BCUT2D eigenvalue weighted by molar-refractivity contribution is 5.87. The maximum Gasteiger partial charge on any atom is 0.486 e. The summed E-state index contributed by atoms with van der Waals surface area (Å²) in [6.45, 7) is 3.11. The summed E-state index contributed by atoms with van der Waals surface area (Å²) in [6.07, 6.45) is 2.24. The molecule has 3 atom stereocenters. The van der Waals surface area contributed by atoms with Crippen molar-refractivity contribution in [1.82, 2.24) is 15.3 Å². The molecule has 1 saturated heterocycles. The Morgan fingerprint density at radius 2 is 1.65 bits per heavy atom. The maximum absolute atomic E-state index is 12.9. The number of rotatable bonds is 26. The van der Waals surface area contributed by atoms with E-state index in [9.17, 15) is 39.6 Å². The van der Waals surface area contributed by atoms with Crippen LogP contribution in [-0.2, 0) is 35.3 Å². The molecular formula is C40H57N5O15. The van der Waals surface area contributed by atoms with Gasteiger partial charge in [-0.1, -0.05) is 25.5 Å². The van der Waals surface area contributed by atoms with Crippen LogP contribution in [-0.4, -0.2) is 121 Å². The van der Waals surface area contributed by atoms with Crippen LogP contribution >= 0.6 is 0 Å². The number of aliphatic hydroxyl groups is 1. The first kappa shape index (κ1) is 50.4. The number of aliphatic carboxylic acids is 2. The number of hydrogen-bond acceptors (Lipinski definition) is 16. The number of methoxy groups -OCH3 is 3. The average Bonchev–Trinajstić information content (AvgIpc) is 3.20. The van der Waals surface area contributed by atoms with E-state index in [2.05, 4.69) is 35.2 Å². The SMILES string of the molecule is CCCC(C#N)CCC(c1ccc(OCC(=O)NN2CCC(CO[N+](=O)OC(=O)CC(O)(CC(=O)O)C(=O)[O-])CC2)c(OC)c1)N(C)CCc1ccc(OC)c(OC)c1.O. The Kier molecular flexibility index (Phi) is 21.0. The number of amides is 1. The number of ether oxygens (including phenoxy) is 4. The summed E-state index contributed by atoms with van der Waals surface area (Å²) in [6, 6.07) is 13.9. The van der Waals surface area contributed by atoms with Crippen molar-refractivity contribution in [1.29, 1.82) is 5.26 Å². The minimum atomic E-state index is -3.07. The largest absolute Gasteiger partial charge is 0.547 e. The number of carbonyl (C=O) groups is 4. The lowest BCUT2D eigenvalue weighted by atomic mass is 9.92. The Bertz CT molecular complexity index is 1780. The lowest BCUT2D eigenvalue weighted by Gasteiger charge is -2.31. The van der Waals surface area contributed by atoms with Crippen molar-refractivity contribution in [3.63, 3.8) is 0 Å². The van der Waals surface area contributed by atoms with Gasteiger partial charge in [-0.05, 0) is 81.0 Å². The molecule has 2 aromatic carbocycles. The second kappa shape index (κ2) is 25.0. The van der Waals surface area contributed by atoms with Gasteiger partial charge in [0.2, 0.25) is 0 Å². The number of hydrogen-bond donors (Lipinski definition) is 3. The van der Waals surface area contributed by atoms with Crippen LogP contribution in [0.4, 0.5) is 0 Å². The van der Waals surface area contributed by atoms with Crippen LogP contribution in [0, 0.1) is 28.1 Å². The van der Waals surface area contributed by atoms with Gasteiger partial charge in [-0.25, -0.2) is 9.80 Å². The van der Waals surface area contributed by atoms with E-state index in [1.807, 2.05) is 30.3 Å². The molecule has 1 fully saturated rings. The van der Waals surface area contributed by atoms with Crippen LogP contribution in [0.15, 0.2) is 36.4 Å². The number of carboxylic acids is 2. The van der Waals surface area contributed by atoms with Crippen molar-refractivity contribution in [3.05, 3.63) is 52.4 Å². The molecule has 3 rings (SSSR count). The molecule has 0 aliphatic carbocycles. The summed E-state index contributed by atoms with van der Waals surface area (Å²) >= 11 is 0. The molecule has 20 heteroatoms. The third kappa shape index (κ3) is 15.8. The standard InChI is InChI=1S/C40H55N5O14.H2O/c1-6-7-28(24-41)8-11-31(43(2)17-14-27-9-12-32(54-3)34(20-27)55-4)30-10-13-33(35(21-30)56-5)57-26-36(46)42-44-18-15-29(16-19-44)25-58-45(53)59-38(49)23-40(52,39(50)51)22-37(47)48;/h9-10,12-13,20-21,28-29,31,52H,6-8,11,14-19,22-23,25-26H2,1-5H3,(H2-,42,46,47,48,50,51);1H2. The van der Waals surface area contributed by atoms with Crippen molar-refractivity contribution in [3.8, 4) is 29.1 Å². The van der Waals surface area contributed by atoms with Crippen LogP contribution in [0.3, 0.4) is 0 Å². The quantitative estimate of drug-likeness (QED) is 0.113. The van der Waals surface area contributed by atoms with E-state index in [4.69, 9.17) is 28.9 Å². The summed E-state index contributed by atoms with van der Waals surface area (Å²) in [5.74, 6) is -3.94. The zero-order chi connectivity index (χ0) is 43.5. The fraction of sp³-hybridized carbons (Fsp3) is 0.575. The van der Waals surface area contributed by atoms with Gasteiger partial charge in [0.25, 0.3) is 5.91 Å². The number of nitrogens with one attached hydrogen (secondary N) is 1. The van der Waals surface area contributed by atoms with E-state index in [0.717, 1.165) is 49.8 Å². The van der Waals surface area contributed by atoms with E-state index < -0.39 is 47.3 Å². The van der Waals surface area contributed by atoms with Crippen LogP contribution in [0.5, 0.6) is 23.0 Å². The molecule has 0 aromatic heterocycles. The number of carbonyl (C=O) groups excluding carboxylic acids is 3. The number of carboxylic acid groups (broad SMARTS) is 2. The van der Waals surface area contributed by atoms with Gasteiger partial charge in [-0.2, -0.15) is 10.1 Å². The van der Waals surface area contributed by atoms with Gasteiger partial charge in [-0.3, -0.25) is 19.9 Å². The van der Waals surface area contributed by atoms with E-state index in [1.54, 1.807) is 25.3 Å². The van der Waals surface area contributed by atoms with Gasteiger partial charge in [-0.15, -0.1) is 4.84 Å². The lowest BCUT2D eigenvalue weighted by Crippen LogP contribution is -2.51. The average molecular weight is 848 g/mol. The van der Waals surface area contributed by atoms with Crippen molar-refractivity contribution in [2.45, 2.75) is 76.4 Å². The summed E-state index contributed by atoms with van der Waals surface area (Å²) in [4.78, 5) is 70.0. The highest BCUT2D eigenvalue weighted by Crippen LogP contribution is 2.35. The number of nitriles is 1. The predicted molar refractivity (Wildman–Crippen MR) is 209 cm³/mol. The smallest absolute Gasteiger partial charge is 0.486 e. The molecule has 1 amide bonds. The second-order valence-electron chi connectivity index (χ2n) is 14.3. The van der Waals surface area contributed by atoms with Gasteiger partial charge in [0, 0.05) is 37.5 Å². The highest BCUT2D eigenvalue weighted by Gasteiger charge is 2.38. The number of nitrogens with zero attached hydrogens (tertiary/aromatic N) is 4. The van der Waals surface area contributed by atoms with E-state index in [1.165, 1.54) is 7.11 Å². The van der Waals surface area contributed by atoms with Crippen molar-refractivity contribution in [2.75, 3.05) is 61.2 Å². The molecule has 60 heavy (non-hydrogen) atoms. The van der Waals surface area contributed by atoms with Gasteiger partial charge in [0.15, 0.2) is 36.2 Å². The van der Waals surface area contributed by atoms with Crippen LogP contribution in [0.2, 0.25) is 0 Å². The summed E-state index contributed by atoms with van der Waals surface area (Å²) in [5.41, 5.74) is 1.79. The predicted octanol–water partition coefficient (Wildman–Crippen LogP) is 1.46. The van der Waals surface area contributed by atoms with Crippen LogP contribution in [0.1, 0.15) is 75.5 Å². The van der Waals surface area contributed by atoms with E-state index >= 15 is 0 Å². The van der Waals surface area contributed by atoms with Gasteiger partial charge >= 0.3 is 17.0 Å². The van der Waals surface area contributed by atoms with Crippen LogP contribution in [0.25, 0.3) is 0 Å². The monoisotopic (exact) mass is 847 g/mol. The third-order valence-corrected chi connectivity index (χ3v) is 10.0. The number of hydrazine groups is 1. The minimum Gasteiger partial charge on any atom is -0.547 e. The third-order valence-electron chi connectivity index (χ3n) is 10.0. The second-order valence-corrected chi connectivity index (χ2v) is 14.3.